The molecule has 1 aliphatic carbocycles. The fourth-order valence-corrected chi connectivity index (χ4v) is 2.76. The first-order chi connectivity index (χ1) is 9.40. The lowest BCUT2D eigenvalue weighted by atomic mass is 10.1. The Balaban J connectivity index is 0.000000240. The van der Waals surface area contributed by atoms with Gasteiger partial charge in [-0.15, -0.1) is 23.2 Å². The minimum atomic E-state index is -4.46. The van der Waals surface area contributed by atoms with Gasteiger partial charge >= 0.3 is 6.18 Å². The van der Waals surface area contributed by atoms with Gasteiger partial charge in [-0.2, -0.15) is 13.2 Å². The maximum atomic E-state index is 11.0. The number of rotatable bonds is 2. The van der Waals surface area contributed by atoms with Gasteiger partial charge in [-0.3, -0.25) is 4.79 Å². The molecule has 1 aliphatic rings. The normalized spacial score (nSPS) is 19.5. The first-order valence-electron chi connectivity index (χ1n) is 5.49. The third-order valence-corrected chi connectivity index (χ3v) is 3.86. The molecule has 21 heavy (non-hydrogen) atoms. The molecule has 1 atom stereocenters. The van der Waals surface area contributed by atoms with Crippen LogP contribution in [-0.4, -0.2) is 15.8 Å². The molecule has 0 spiro atoms. The molecule has 1 saturated carbocycles. The van der Waals surface area contributed by atoms with Gasteiger partial charge in [0.2, 0.25) is 5.24 Å². The number of hydrogen-bond donors (Lipinski definition) is 0. The molecule has 1 unspecified atom stereocenters. The Hall–Kier alpha value is 0.130. The van der Waals surface area contributed by atoms with Crippen molar-refractivity contribution in [1.82, 2.24) is 0 Å². The van der Waals surface area contributed by atoms with Gasteiger partial charge in [0.1, 0.15) is 10.8 Å². The Morgan fingerprint density at radius 3 is 1.86 bits per heavy atom. The van der Waals surface area contributed by atoms with Crippen LogP contribution in [-0.2, 0) is 4.79 Å². The molecule has 0 aromatic heterocycles. The Labute approximate surface area is 144 Å². The van der Waals surface area contributed by atoms with Gasteiger partial charge in [-0.05, 0) is 41.8 Å². The molecule has 0 heterocycles. The molecule has 0 saturated heterocycles. The molecule has 1 aromatic carbocycles. The van der Waals surface area contributed by atoms with E-state index in [9.17, 15) is 18.0 Å². The minimum Gasteiger partial charge on any atom is -0.281 e. The van der Waals surface area contributed by atoms with Gasteiger partial charge in [0.15, 0.2) is 0 Å². The van der Waals surface area contributed by atoms with Crippen LogP contribution in [0.25, 0.3) is 0 Å². The molecular formula is C12H8Cl5F3O. The van der Waals surface area contributed by atoms with Crippen molar-refractivity contribution in [3.63, 3.8) is 0 Å². The highest BCUT2D eigenvalue weighted by atomic mass is 35.5. The van der Waals surface area contributed by atoms with E-state index in [1.165, 1.54) is 0 Å². The number of carbonyl (C=O) groups excluding carboxylic acids is 1. The predicted molar refractivity (Wildman–Crippen MR) is 79.8 cm³/mol. The van der Waals surface area contributed by atoms with Crippen LogP contribution in [0.1, 0.15) is 24.3 Å². The first kappa shape index (κ1) is 19.2. The number of benzene rings is 1. The number of carbonyl (C=O) groups is 1. The van der Waals surface area contributed by atoms with Crippen LogP contribution in [0.5, 0.6) is 0 Å². The lowest BCUT2D eigenvalue weighted by molar-refractivity contribution is -0.146. The molecule has 0 amide bonds. The van der Waals surface area contributed by atoms with Gasteiger partial charge < -0.3 is 0 Å². The smallest absolute Gasteiger partial charge is 0.281 e. The topological polar surface area (TPSA) is 17.1 Å². The van der Waals surface area contributed by atoms with E-state index in [0.717, 1.165) is 12.0 Å². The fourth-order valence-electron chi connectivity index (χ4n) is 1.51. The summed E-state index contributed by atoms with van der Waals surface area (Å²) in [6.07, 6.45) is -5.24. The number of alkyl halides is 5. The molecule has 0 bridgehead atoms. The number of halogens is 8. The molecule has 0 N–H and O–H groups in total. The second kappa shape index (κ2) is 7.14. The minimum absolute atomic E-state index is 0.173. The summed E-state index contributed by atoms with van der Waals surface area (Å²) in [5.74, 6) is 0.173. The quantitative estimate of drug-likeness (QED) is 0.416. The summed E-state index contributed by atoms with van der Waals surface area (Å²) in [6.45, 7) is 0. The largest absolute Gasteiger partial charge is 0.397 e. The van der Waals surface area contributed by atoms with Crippen molar-refractivity contribution in [2.24, 2.45) is 0 Å². The second-order valence-corrected chi connectivity index (χ2v) is 7.20. The van der Waals surface area contributed by atoms with E-state index in [-0.39, 0.29) is 5.92 Å². The molecule has 0 radical (unpaired) electrons. The third kappa shape index (κ3) is 7.29. The lowest BCUT2D eigenvalue weighted by Gasteiger charge is -2.02. The van der Waals surface area contributed by atoms with E-state index in [1.54, 1.807) is 6.07 Å². The van der Waals surface area contributed by atoms with Crippen LogP contribution < -0.4 is 0 Å². The zero-order chi connectivity index (χ0) is 16.4. The number of hydrogen-bond acceptors (Lipinski definition) is 1. The van der Waals surface area contributed by atoms with E-state index >= 15 is 0 Å². The highest BCUT2D eigenvalue weighted by Gasteiger charge is 2.52. The van der Waals surface area contributed by atoms with E-state index in [0.29, 0.717) is 10.0 Å². The molecule has 118 valence electrons. The van der Waals surface area contributed by atoms with Crippen molar-refractivity contribution in [2.45, 2.75) is 29.3 Å². The Morgan fingerprint density at radius 2 is 1.62 bits per heavy atom. The SMILES string of the molecule is Clc1cc(Cl)cc(C2CC2(Cl)Cl)c1.O=C(Cl)CC(F)(F)F. The monoisotopic (exact) mass is 400 g/mol. The standard InChI is InChI=1S/C9H6Cl4.C3H2ClF3O/c10-6-1-5(2-7(11)3-6)8-4-9(8,12)13;4-2(8)1-3(5,6)7/h1-3,8H,4H2;1H2. The zero-order valence-electron chi connectivity index (χ0n) is 10.2. The van der Waals surface area contributed by atoms with Crippen LogP contribution >= 0.6 is 58.0 Å². The van der Waals surface area contributed by atoms with Crippen LogP contribution in [0.15, 0.2) is 18.2 Å². The molecule has 1 aromatic rings. The van der Waals surface area contributed by atoms with Gasteiger partial charge in [0.05, 0.1) is 0 Å². The molecule has 1 nitrogen and oxygen atoms in total. The summed E-state index contributed by atoms with van der Waals surface area (Å²) < 4.78 is 32.4. The first-order valence-corrected chi connectivity index (χ1v) is 7.38. The average molecular weight is 402 g/mol. The van der Waals surface area contributed by atoms with Crippen molar-refractivity contribution >= 4 is 63.2 Å². The zero-order valence-corrected chi connectivity index (χ0v) is 13.9. The maximum absolute atomic E-state index is 11.0. The van der Waals surface area contributed by atoms with Crippen molar-refractivity contribution in [2.75, 3.05) is 0 Å². The van der Waals surface area contributed by atoms with Crippen LogP contribution in [0.3, 0.4) is 0 Å². The lowest BCUT2D eigenvalue weighted by Crippen LogP contribution is -2.10. The van der Waals surface area contributed by atoms with Crippen molar-refractivity contribution in [1.29, 1.82) is 0 Å². The second-order valence-electron chi connectivity index (χ2n) is 4.37. The van der Waals surface area contributed by atoms with Crippen LogP contribution in [0.2, 0.25) is 10.0 Å². The average Bonchev–Trinajstić information content (AvgIpc) is 2.83. The fraction of sp³-hybridized carbons (Fsp3) is 0.417. The van der Waals surface area contributed by atoms with Crippen LogP contribution in [0.4, 0.5) is 13.2 Å². The molecule has 0 aliphatic heterocycles. The predicted octanol–water partition coefficient (Wildman–Crippen LogP) is 6.36. The van der Waals surface area contributed by atoms with E-state index in [4.69, 9.17) is 46.4 Å². The Bertz CT molecular complexity index is 510. The molecule has 9 heteroatoms. The van der Waals surface area contributed by atoms with Gasteiger partial charge in [0, 0.05) is 16.0 Å². The van der Waals surface area contributed by atoms with Gasteiger partial charge in [-0.1, -0.05) is 23.2 Å². The Kier molecular flexibility index (Phi) is 6.52. The summed E-state index contributed by atoms with van der Waals surface area (Å²) in [7, 11) is 0. The van der Waals surface area contributed by atoms with Crippen molar-refractivity contribution < 1.29 is 18.0 Å². The highest BCUT2D eigenvalue weighted by molar-refractivity contribution is 6.63. The summed E-state index contributed by atoms with van der Waals surface area (Å²) in [5, 5.41) is -0.130. The molecular weight excluding hydrogens is 394 g/mol. The van der Waals surface area contributed by atoms with Gasteiger partial charge in [-0.25, -0.2) is 0 Å². The van der Waals surface area contributed by atoms with Crippen molar-refractivity contribution in [3.05, 3.63) is 33.8 Å². The maximum Gasteiger partial charge on any atom is 0.397 e. The van der Waals surface area contributed by atoms with E-state index in [2.05, 4.69) is 11.6 Å². The van der Waals surface area contributed by atoms with E-state index < -0.39 is 22.2 Å². The molecule has 2 rings (SSSR count). The third-order valence-electron chi connectivity index (χ3n) is 2.45. The summed E-state index contributed by atoms with van der Waals surface area (Å²) in [4.78, 5) is 9.50. The summed E-state index contributed by atoms with van der Waals surface area (Å²) in [6, 6.07) is 5.40. The Morgan fingerprint density at radius 1 is 1.19 bits per heavy atom. The summed E-state index contributed by atoms with van der Waals surface area (Å²) >= 11 is 27.9. The van der Waals surface area contributed by atoms with Crippen molar-refractivity contribution in [3.8, 4) is 0 Å². The highest BCUT2D eigenvalue weighted by Crippen LogP contribution is 2.59. The molecule has 1 fully saturated rings. The van der Waals surface area contributed by atoms with Crippen LogP contribution in [0, 0.1) is 0 Å². The summed E-state index contributed by atoms with van der Waals surface area (Å²) in [5.41, 5.74) is 1.02. The van der Waals surface area contributed by atoms with E-state index in [1.807, 2.05) is 12.1 Å². The van der Waals surface area contributed by atoms with Gasteiger partial charge in [0.25, 0.3) is 0 Å².